The molecule has 1 aromatic heterocycles. The van der Waals surface area contributed by atoms with E-state index in [0.717, 1.165) is 22.4 Å². The SMILES string of the molecule is CCc1ccc(OCC(=O)Nc2sc(Cc3ccccc3)c(C)c2C(N)=O)cc1. The van der Waals surface area contributed by atoms with Crippen LogP contribution in [0, 0.1) is 6.92 Å². The molecule has 0 fully saturated rings. The van der Waals surface area contributed by atoms with Crippen LogP contribution in [-0.2, 0) is 17.6 Å². The van der Waals surface area contributed by atoms with Gasteiger partial charge < -0.3 is 15.8 Å². The number of ether oxygens (including phenoxy) is 1. The quantitative estimate of drug-likeness (QED) is 0.582. The van der Waals surface area contributed by atoms with Crippen LogP contribution in [0.25, 0.3) is 0 Å². The number of nitrogens with two attached hydrogens (primary N) is 1. The van der Waals surface area contributed by atoms with Gasteiger partial charge in [-0.2, -0.15) is 0 Å². The zero-order chi connectivity index (χ0) is 20.8. The number of thiophene rings is 1. The third-order valence-electron chi connectivity index (χ3n) is 4.65. The predicted octanol–water partition coefficient (Wildman–Crippen LogP) is 4.33. The van der Waals surface area contributed by atoms with E-state index in [2.05, 4.69) is 12.2 Å². The molecule has 0 radical (unpaired) electrons. The number of aryl methyl sites for hydroxylation is 1. The number of benzene rings is 2. The highest BCUT2D eigenvalue weighted by Gasteiger charge is 2.21. The number of hydrogen-bond donors (Lipinski definition) is 2. The van der Waals surface area contributed by atoms with Gasteiger partial charge in [0.1, 0.15) is 10.8 Å². The molecular formula is C23H24N2O3S. The highest BCUT2D eigenvalue weighted by molar-refractivity contribution is 7.17. The van der Waals surface area contributed by atoms with Crippen molar-refractivity contribution in [2.75, 3.05) is 11.9 Å². The molecule has 0 aliphatic rings. The number of anilines is 1. The Morgan fingerprint density at radius 1 is 1.03 bits per heavy atom. The number of carbonyl (C=O) groups excluding carboxylic acids is 2. The summed E-state index contributed by atoms with van der Waals surface area (Å²) >= 11 is 1.38. The molecule has 0 aliphatic carbocycles. The van der Waals surface area contributed by atoms with Gasteiger partial charge in [0.15, 0.2) is 6.61 Å². The predicted molar refractivity (Wildman–Crippen MR) is 117 cm³/mol. The molecule has 5 nitrogen and oxygen atoms in total. The van der Waals surface area contributed by atoms with Crippen LogP contribution < -0.4 is 15.8 Å². The number of rotatable bonds is 8. The Hall–Kier alpha value is -3.12. The van der Waals surface area contributed by atoms with E-state index in [0.29, 0.717) is 22.7 Å². The first-order chi connectivity index (χ1) is 14.0. The Kier molecular flexibility index (Phi) is 6.67. The Morgan fingerprint density at radius 2 is 1.72 bits per heavy atom. The minimum atomic E-state index is -0.551. The molecule has 6 heteroatoms. The second kappa shape index (κ2) is 9.39. The van der Waals surface area contributed by atoms with Gasteiger partial charge in [-0.25, -0.2) is 0 Å². The molecule has 3 rings (SSSR count). The van der Waals surface area contributed by atoms with Crippen LogP contribution in [0.4, 0.5) is 5.00 Å². The molecule has 1 heterocycles. The van der Waals surface area contributed by atoms with Crippen LogP contribution in [0.2, 0.25) is 0 Å². The van der Waals surface area contributed by atoms with Crippen molar-refractivity contribution >= 4 is 28.2 Å². The fraction of sp³-hybridized carbons (Fsp3) is 0.217. The fourth-order valence-corrected chi connectivity index (χ4v) is 4.29. The minimum Gasteiger partial charge on any atom is -0.484 e. The Balaban J connectivity index is 1.70. The monoisotopic (exact) mass is 408 g/mol. The van der Waals surface area contributed by atoms with Gasteiger partial charge in [0.2, 0.25) is 0 Å². The number of hydrogen-bond acceptors (Lipinski definition) is 4. The number of nitrogens with one attached hydrogen (secondary N) is 1. The van der Waals surface area contributed by atoms with Crippen LogP contribution in [0.15, 0.2) is 54.6 Å². The van der Waals surface area contributed by atoms with E-state index in [9.17, 15) is 9.59 Å². The highest BCUT2D eigenvalue weighted by Crippen LogP contribution is 2.34. The zero-order valence-corrected chi connectivity index (χ0v) is 17.3. The van der Waals surface area contributed by atoms with Crippen LogP contribution in [0.3, 0.4) is 0 Å². The lowest BCUT2D eigenvalue weighted by molar-refractivity contribution is -0.118. The highest BCUT2D eigenvalue weighted by atomic mass is 32.1. The van der Waals surface area contributed by atoms with Crippen LogP contribution in [0.1, 0.15) is 38.8 Å². The van der Waals surface area contributed by atoms with E-state index in [1.807, 2.05) is 61.5 Å². The summed E-state index contributed by atoms with van der Waals surface area (Å²) in [5.41, 5.74) is 9.07. The molecule has 0 saturated heterocycles. The summed E-state index contributed by atoms with van der Waals surface area (Å²) in [6.45, 7) is 3.79. The largest absolute Gasteiger partial charge is 0.484 e. The van der Waals surface area contributed by atoms with E-state index in [4.69, 9.17) is 10.5 Å². The molecule has 29 heavy (non-hydrogen) atoms. The molecular weight excluding hydrogens is 384 g/mol. The standard InChI is InChI=1S/C23H24N2O3S/c1-3-16-9-11-18(12-10-16)28-14-20(26)25-23-21(22(24)27)15(2)19(29-23)13-17-7-5-4-6-8-17/h4-12H,3,13-14H2,1-2H3,(H2,24,27)(H,25,26). The summed E-state index contributed by atoms with van der Waals surface area (Å²) in [5, 5.41) is 3.25. The Labute approximate surface area is 174 Å². The third kappa shape index (κ3) is 5.23. The molecule has 0 spiro atoms. The van der Waals surface area contributed by atoms with Crippen LogP contribution in [0.5, 0.6) is 5.75 Å². The first-order valence-corrected chi connectivity index (χ1v) is 10.3. The van der Waals surface area contributed by atoms with Gasteiger partial charge in [-0.1, -0.05) is 49.4 Å². The molecule has 150 valence electrons. The van der Waals surface area contributed by atoms with Gasteiger partial charge in [-0.15, -0.1) is 11.3 Å². The fourth-order valence-electron chi connectivity index (χ4n) is 3.03. The van der Waals surface area contributed by atoms with E-state index >= 15 is 0 Å². The molecule has 0 saturated carbocycles. The third-order valence-corrected chi connectivity index (χ3v) is 5.86. The molecule has 0 unspecified atom stereocenters. The maximum absolute atomic E-state index is 12.4. The topological polar surface area (TPSA) is 81.4 Å². The summed E-state index contributed by atoms with van der Waals surface area (Å²) in [7, 11) is 0. The smallest absolute Gasteiger partial charge is 0.262 e. The number of amides is 2. The van der Waals surface area contributed by atoms with Crippen molar-refractivity contribution in [2.24, 2.45) is 5.73 Å². The van der Waals surface area contributed by atoms with Gasteiger partial charge in [0.05, 0.1) is 5.56 Å². The molecule has 3 N–H and O–H groups in total. The van der Waals surface area contributed by atoms with Crippen molar-refractivity contribution < 1.29 is 14.3 Å². The van der Waals surface area contributed by atoms with E-state index in [1.165, 1.54) is 16.9 Å². The van der Waals surface area contributed by atoms with Gasteiger partial charge in [-0.3, -0.25) is 9.59 Å². The first kappa shape index (κ1) is 20.6. The Morgan fingerprint density at radius 3 is 2.34 bits per heavy atom. The van der Waals surface area contributed by atoms with Gasteiger partial charge in [0, 0.05) is 11.3 Å². The number of primary amides is 1. The lowest BCUT2D eigenvalue weighted by Gasteiger charge is -2.08. The summed E-state index contributed by atoms with van der Waals surface area (Å²) in [6.07, 6.45) is 1.62. The molecule has 0 bridgehead atoms. The average molecular weight is 409 g/mol. The molecule has 2 amide bonds. The maximum atomic E-state index is 12.4. The van der Waals surface area contributed by atoms with Crippen molar-refractivity contribution in [3.63, 3.8) is 0 Å². The van der Waals surface area contributed by atoms with E-state index in [-0.39, 0.29) is 12.5 Å². The number of carbonyl (C=O) groups is 2. The van der Waals surface area contributed by atoms with Gasteiger partial charge >= 0.3 is 0 Å². The second-order valence-corrected chi connectivity index (χ2v) is 7.82. The molecule has 3 aromatic rings. The van der Waals surface area contributed by atoms with Gasteiger partial charge in [0.25, 0.3) is 11.8 Å². The molecule has 0 atom stereocenters. The second-order valence-electron chi connectivity index (χ2n) is 6.72. The maximum Gasteiger partial charge on any atom is 0.262 e. The lowest BCUT2D eigenvalue weighted by Crippen LogP contribution is -2.22. The minimum absolute atomic E-state index is 0.144. The van der Waals surface area contributed by atoms with Crippen molar-refractivity contribution in [3.05, 3.63) is 81.7 Å². The summed E-state index contributed by atoms with van der Waals surface area (Å²) in [5.74, 6) is -0.261. The zero-order valence-electron chi connectivity index (χ0n) is 16.5. The first-order valence-electron chi connectivity index (χ1n) is 9.45. The van der Waals surface area contributed by atoms with Crippen LogP contribution in [-0.4, -0.2) is 18.4 Å². The lowest BCUT2D eigenvalue weighted by atomic mass is 10.1. The average Bonchev–Trinajstić information content (AvgIpc) is 3.02. The summed E-state index contributed by atoms with van der Waals surface area (Å²) in [4.78, 5) is 25.4. The van der Waals surface area contributed by atoms with Crippen molar-refractivity contribution in [3.8, 4) is 5.75 Å². The molecule has 0 aliphatic heterocycles. The Bertz CT molecular complexity index is 995. The van der Waals surface area contributed by atoms with E-state index < -0.39 is 5.91 Å². The molecule has 2 aromatic carbocycles. The van der Waals surface area contributed by atoms with Crippen molar-refractivity contribution in [1.29, 1.82) is 0 Å². The summed E-state index contributed by atoms with van der Waals surface area (Å²) in [6, 6.07) is 17.6. The van der Waals surface area contributed by atoms with E-state index in [1.54, 1.807) is 0 Å². The van der Waals surface area contributed by atoms with Crippen molar-refractivity contribution in [1.82, 2.24) is 0 Å². The summed E-state index contributed by atoms with van der Waals surface area (Å²) < 4.78 is 5.55. The normalized spacial score (nSPS) is 10.6. The van der Waals surface area contributed by atoms with Crippen LogP contribution >= 0.6 is 11.3 Å². The van der Waals surface area contributed by atoms with Gasteiger partial charge in [-0.05, 0) is 42.2 Å². The van der Waals surface area contributed by atoms with Crippen molar-refractivity contribution in [2.45, 2.75) is 26.7 Å².